The molecule has 1 aromatic carbocycles. The lowest BCUT2D eigenvalue weighted by molar-refractivity contribution is -0.121. The Labute approximate surface area is 185 Å². The van der Waals surface area contributed by atoms with Gasteiger partial charge < -0.3 is 14.7 Å². The summed E-state index contributed by atoms with van der Waals surface area (Å²) in [7, 11) is 0. The molecule has 2 aliphatic heterocycles. The monoisotopic (exact) mass is 429 g/mol. The second-order valence-corrected chi connectivity index (χ2v) is 9.52. The van der Waals surface area contributed by atoms with Gasteiger partial charge in [-0.05, 0) is 69.1 Å². The van der Waals surface area contributed by atoms with Crippen LogP contribution < -0.4 is 9.80 Å². The van der Waals surface area contributed by atoms with Crippen LogP contribution in [0.25, 0.3) is 0 Å². The fourth-order valence-electron chi connectivity index (χ4n) is 5.58. The van der Waals surface area contributed by atoms with E-state index in [1.807, 2.05) is 17.0 Å². The molecule has 170 valence electrons. The van der Waals surface area contributed by atoms with Crippen LogP contribution in [0.1, 0.15) is 70.6 Å². The van der Waals surface area contributed by atoms with Crippen LogP contribution in [0.3, 0.4) is 0 Å². The summed E-state index contributed by atoms with van der Waals surface area (Å²) < 4.78 is 15.0. The number of anilines is 2. The van der Waals surface area contributed by atoms with Crippen molar-refractivity contribution in [2.24, 2.45) is 5.92 Å². The first-order valence-electron chi connectivity index (χ1n) is 12.2. The quantitative estimate of drug-likeness (QED) is 0.588. The van der Waals surface area contributed by atoms with E-state index < -0.39 is 0 Å². The molecule has 0 bridgehead atoms. The number of hydrogen-bond donors (Lipinski definition) is 0. The van der Waals surface area contributed by atoms with Crippen LogP contribution in [0.15, 0.2) is 18.2 Å². The predicted octanol–water partition coefficient (Wildman–Crippen LogP) is 4.74. The van der Waals surface area contributed by atoms with Crippen LogP contribution >= 0.6 is 0 Å². The average molecular weight is 430 g/mol. The van der Waals surface area contributed by atoms with Crippen molar-refractivity contribution in [3.63, 3.8) is 0 Å². The Kier molecular flexibility index (Phi) is 7.46. The van der Waals surface area contributed by atoms with Crippen molar-refractivity contribution in [3.05, 3.63) is 24.0 Å². The molecule has 2 heterocycles. The zero-order chi connectivity index (χ0) is 21.6. The topological polar surface area (TPSA) is 43.9 Å². The molecule has 4 rings (SSSR count). The number of piperidine rings is 2. The highest BCUT2D eigenvalue weighted by Crippen LogP contribution is 2.31. The summed E-state index contributed by atoms with van der Waals surface area (Å²) in [4.78, 5) is 29.7. The molecule has 0 aromatic heterocycles. The number of amides is 2. The van der Waals surface area contributed by atoms with E-state index in [1.165, 1.54) is 25.3 Å². The van der Waals surface area contributed by atoms with Crippen molar-refractivity contribution in [2.45, 2.75) is 76.7 Å². The van der Waals surface area contributed by atoms with Gasteiger partial charge >= 0.3 is 0 Å². The Morgan fingerprint density at radius 1 is 1.03 bits per heavy atom. The highest BCUT2D eigenvalue weighted by Gasteiger charge is 2.26. The maximum Gasteiger partial charge on any atom is 0.226 e. The summed E-state index contributed by atoms with van der Waals surface area (Å²) in [5.41, 5.74) is 1.31. The Balaban J connectivity index is 1.35. The summed E-state index contributed by atoms with van der Waals surface area (Å²) in [6.07, 6.45) is 12.7. The molecule has 0 spiro atoms. The van der Waals surface area contributed by atoms with Gasteiger partial charge in [0.15, 0.2) is 0 Å². The van der Waals surface area contributed by atoms with E-state index in [4.69, 9.17) is 0 Å². The molecular formula is C25H36FN3O2. The third-order valence-electron chi connectivity index (χ3n) is 7.40. The average Bonchev–Trinajstić information content (AvgIpc) is 2.81. The molecule has 31 heavy (non-hydrogen) atoms. The van der Waals surface area contributed by atoms with Gasteiger partial charge in [-0.15, -0.1) is 0 Å². The van der Waals surface area contributed by atoms with Gasteiger partial charge in [-0.3, -0.25) is 9.59 Å². The van der Waals surface area contributed by atoms with Gasteiger partial charge in [-0.2, -0.15) is 0 Å². The molecule has 1 unspecified atom stereocenters. The van der Waals surface area contributed by atoms with Crippen molar-refractivity contribution in [2.75, 3.05) is 36.0 Å². The molecule has 0 N–H and O–H groups in total. The summed E-state index contributed by atoms with van der Waals surface area (Å²) in [6, 6.07) is 5.67. The lowest BCUT2D eigenvalue weighted by atomic mass is 9.92. The number of hydrogen-bond acceptors (Lipinski definition) is 3. The van der Waals surface area contributed by atoms with Crippen molar-refractivity contribution >= 4 is 23.7 Å². The van der Waals surface area contributed by atoms with E-state index in [1.54, 1.807) is 4.90 Å². The number of carbonyl (C=O) groups is 2. The smallest absolute Gasteiger partial charge is 0.226 e. The molecule has 5 nitrogen and oxygen atoms in total. The van der Waals surface area contributed by atoms with Gasteiger partial charge in [-0.25, -0.2) is 4.39 Å². The van der Waals surface area contributed by atoms with Crippen LogP contribution in [0.5, 0.6) is 0 Å². The predicted molar refractivity (Wildman–Crippen MR) is 122 cm³/mol. The van der Waals surface area contributed by atoms with E-state index in [2.05, 4.69) is 4.90 Å². The lowest BCUT2D eigenvalue weighted by Crippen LogP contribution is -2.40. The normalized spacial score (nSPS) is 23.1. The summed E-state index contributed by atoms with van der Waals surface area (Å²) >= 11 is 0. The van der Waals surface area contributed by atoms with Gasteiger partial charge in [-0.1, -0.05) is 19.3 Å². The Morgan fingerprint density at radius 2 is 1.87 bits per heavy atom. The van der Waals surface area contributed by atoms with Crippen molar-refractivity contribution in [1.29, 1.82) is 0 Å². The summed E-state index contributed by atoms with van der Waals surface area (Å²) in [5.74, 6) is 0.324. The van der Waals surface area contributed by atoms with E-state index in [9.17, 15) is 9.59 Å². The van der Waals surface area contributed by atoms with Crippen molar-refractivity contribution < 1.29 is 14.0 Å². The van der Waals surface area contributed by atoms with E-state index in [0.29, 0.717) is 36.3 Å². The Bertz CT molecular complexity index is 765. The first kappa shape index (κ1) is 22.1. The van der Waals surface area contributed by atoms with Crippen LogP contribution in [-0.2, 0) is 9.59 Å². The molecule has 1 atom stereocenters. The number of halogens is 1. The fraction of sp³-hybridized carbons (Fsp3) is 0.680. The molecular weight excluding hydrogens is 393 g/mol. The largest absolute Gasteiger partial charge is 0.369 e. The third kappa shape index (κ3) is 5.39. The molecule has 3 aliphatic rings. The molecule has 2 saturated heterocycles. The highest BCUT2D eigenvalue weighted by molar-refractivity contribution is 5.94. The first-order chi connectivity index (χ1) is 15.2. The summed E-state index contributed by atoms with van der Waals surface area (Å²) in [6.45, 7) is 3.18. The van der Waals surface area contributed by atoms with Crippen LogP contribution in [0.2, 0.25) is 0 Å². The minimum atomic E-state index is -0.242. The molecule has 2 amide bonds. The molecule has 1 aromatic rings. The molecule has 6 heteroatoms. The van der Waals surface area contributed by atoms with Gasteiger partial charge in [0.05, 0.1) is 5.69 Å². The second kappa shape index (κ2) is 10.5. The zero-order valence-corrected chi connectivity index (χ0v) is 18.6. The van der Waals surface area contributed by atoms with E-state index >= 15 is 4.39 Å². The summed E-state index contributed by atoms with van der Waals surface area (Å²) in [5, 5.41) is 0. The standard InChI is InChI=1S/C25H36FN3O2/c26-23-17-22(29-15-5-4-10-25(29)31)11-12-24(23)27-14-6-7-20(18-27)13-16-28(19-30)21-8-2-1-3-9-21/h11-12,17,19-21H,1-10,13-16,18H2. The third-order valence-corrected chi connectivity index (χ3v) is 7.40. The SMILES string of the molecule is O=CN(CCC1CCCN(c2ccc(N3CCCCC3=O)cc2F)C1)C1CCCCC1. The maximum absolute atomic E-state index is 15.0. The van der Waals surface area contributed by atoms with Crippen LogP contribution in [-0.4, -0.2) is 49.4 Å². The molecule has 0 radical (unpaired) electrons. The minimum absolute atomic E-state index is 0.0918. The van der Waals surface area contributed by atoms with Crippen LogP contribution in [0.4, 0.5) is 15.8 Å². The lowest BCUT2D eigenvalue weighted by Gasteiger charge is -2.37. The second-order valence-electron chi connectivity index (χ2n) is 9.52. The Hall–Kier alpha value is -2.11. The van der Waals surface area contributed by atoms with E-state index in [0.717, 1.165) is 71.0 Å². The van der Waals surface area contributed by atoms with Gasteiger partial charge in [0.25, 0.3) is 0 Å². The highest BCUT2D eigenvalue weighted by atomic mass is 19.1. The number of nitrogens with zero attached hydrogens (tertiary/aromatic N) is 3. The number of rotatable bonds is 7. The molecule has 1 saturated carbocycles. The van der Waals surface area contributed by atoms with Gasteiger partial charge in [0, 0.05) is 44.3 Å². The minimum Gasteiger partial charge on any atom is -0.369 e. The van der Waals surface area contributed by atoms with Crippen molar-refractivity contribution in [3.8, 4) is 0 Å². The molecule has 1 aliphatic carbocycles. The zero-order valence-electron chi connectivity index (χ0n) is 18.6. The molecule has 3 fully saturated rings. The Morgan fingerprint density at radius 3 is 2.61 bits per heavy atom. The fourth-order valence-corrected chi connectivity index (χ4v) is 5.58. The van der Waals surface area contributed by atoms with Gasteiger partial charge in [0.1, 0.15) is 5.82 Å². The van der Waals surface area contributed by atoms with Gasteiger partial charge in [0.2, 0.25) is 12.3 Å². The number of carbonyl (C=O) groups excluding carboxylic acids is 2. The van der Waals surface area contributed by atoms with Crippen molar-refractivity contribution in [1.82, 2.24) is 4.90 Å². The van der Waals surface area contributed by atoms with Crippen LogP contribution in [0, 0.1) is 11.7 Å². The number of benzene rings is 1. The first-order valence-corrected chi connectivity index (χ1v) is 12.2. The maximum atomic E-state index is 15.0. The van der Waals surface area contributed by atoms with E-state index in [-0.39, 0.29) is 11.7 Å².